The van der Waals surface area contributed by atoms with Crippen LogP contribution in [0.3, 0.4) is 0 Å². The van der Waals surface area contributed by atoms with E-state index in [2.05, 4.69) is 10.3 Å². The normalized spacial score (nSPS) is 18.9. The lowest BCUT2D eigenvalue weighted by Crippen LogP contribution is -2.45. The fourth-order valence-electron chi connectivity index (χ4n) is 2.24. The van der Waals surface area contributed by atoms with Crippen molar-refractivity contribution in [1.29, 1.82) is 0 Å². The molecule has 1 aliphatic rings. The zero-order valence-electron chi connectivity index (χ0n) is 11.6. The van der Waals surface area contributed by atoms with Gasteiger partial charge in [0.1, 0.15) is 11.5 Å². The van der Waals surface area contributed by atoms with Crippen molar-refractivity contribution in [2.24, 2.45) is 11.7 Å². The van der Waals surface area contributed by atoms with Gasteiger partial charge in [0.2, 0.25) is 5.91 Å². The molecule has 0 bridgehead atoms. The van der Waals surface area contributed by atoms with Crippen LogP contribution < -0.4 is 11.1 Å². The van der Waals surface area contributed by atoms with E-state index < -0.39 is 29.7 Å². The number of nitrogens with one attached hydrogen (secondary N) is 1. The van der Waals surface area contributed by atoms with E-state index in [9.17, 15) is 22.8 Å². The zero-order chi connectivity index (χ0) is 16.3. The second kappa shape index (κ2) is 6.20. The third-order valence-corrected chi connectivity index (χ3v) is 3.39. The first-order valence-corrected chi connectivity index (χ1v) is 6.67. The highest BCUT2D eigenvalue weighted by molar-refractivity contribution is 5.89. The maximum absolute atomic E-state index is 12.6. The smallest absolute Gasteiger partial charge is 0.369 e. The number of likely N-dealkylation sites (tertiary alicyclic amines) is 1. The second-order valence-corrected chi connectivity index (χ2v) is 5.02. The lowest BCUT2D eigenvalue weighted by atomic mass is 9.98. The monoisotopic (exact) mass is 316 g/mol. The van der Waals surface area contributed by atoms with E-state index in [1.807, 2.05) is 0 Å². The number of pyridine rings is 1. The molecule has 0 unspecified atom stereocenters. The van der Waals surface area contributed by atoms with Crippen LogP contribution in [0.5, 0.6) is 0 Å². The molecule has 1 fully saturated rings. The summed E-state index contributed by atoms with van der Waals surface area (Å²) in [5, 5.41) is 2.31. The summed E-state index contributed by atoms with van der Waals surface area (Å²) in [6.45, 7) is 0.564. The molecule has 0 aliphatic carbocycles. The molecule has 0 aromatic carbocycles. The number of nitrogens with two attached hydrogens (primary N) is 1. The molecule has 0 radical (unpaired) electrons. The first kappa shape index (κ1) is 16.1. The molecule has 1 atom stereocenters. The van der Waals surface area contributed by atoms with Crippen molar-refractivity contribution in [2.45, 2.75) is 19.0 Å². The Labute approximate surface area is 124 Å². The lowest BCUT2D eigenvalue weighted by molar-refractivity contribution is -0.141. The van der Waals surface area contributed by atoms with Crippen LogP contribution >= 0.6 is 0 Å². The molecule has 0 saturated carbocycles. The van der Waals surface area contributed by atoms with E-state index in [1.54, 1.807) is 0 Å². The van der Waals surface area contributed by atoms with Gasteiger partial charge in [0.25, 0.3) is 0 Å². The number of hydrogen-bond acceptors (Lipinski definition) is 3. The van der Waals surface area contributed by atoms with Crippen LogP contribution in [0.4, 0.5) is 23.8 Å². The Balaban J connectivity index is 2.04. The van der Waals surface area contributed by atoms with E-state index in [1.165, 1.54) is 11.0 Å². The Morgan fingerprint density at radius 3 is 2.73 bits per heavy atom. The van der Waals surface area contributed by atoms with Crippen LogP contribution in [0.15, 0.2) is 18.2 Å². The number of primary amides is 1. The Morgan fingerprint density at radius 1 is 1.36 bits per heavy atom. The van der Waals surface area contributed by atoms with E-state index in [0.29, 0.717) is 19.4 Å². The summed E-state index contributed by atoms with van der Waals surface area (Å²) < 4.78 is 37.7. The molecule has 1 aromatic rings. The number of rotatable bonds is 2. The fraction of sp³-hybridized carbons (Fsp3) is 0.462. The van der Waals surface area contributed by atoms with Crippen LogP contribution in [-0.2, 0) is 11.0 Å². The summed E-state index contributed by atoms with van der Waals surface area (Å²) >= 11 is 0. The Kier molecular flexibility index (Phi) is 4.53. The van der Waals surface area contributed by atoms with Gasteiger partial charge in [0, 0.05) is 13.1 Å². The summed E-state index contributed by atoms with van der Waals surface area (Å²) in [5.41, 5.74) is 4.13. The molecule has 2 heterocycles. The lowest BCUT2D eigenvalue weighted by Gasteiger charge is -2.31. The summed E-state index contributed by atoms with van der Waals surface area (Å²) in [5.74, 6) is -1.12. The molecular formula is C13H15F3N4O2. The van der Waals surface area contributed by atoms with Crippen molar-refractivity contribution in [3.8, 4) is 0 Å². The van der Waals surface area contributed by atoms with Gasteiger partial charge in [-0.1, -0.05) is 6.07 Å². The van der Waals surface area contributed by atoms with Gasteiger partial charge in [-0.15, -0.1) is 0 Å². The number of carbonyl (C=O) groups is 2. The number of amides is 3. The summed E-state index contributed by atoms with van der Waals surface area (Å²) in [7, 11) is 0. The molecule has 120 valence electrons. The molecule has 3 amide bonds. The van der Waals surface area contributed by atoms with E-state index in [0.717, 1.165) is 12.1 Å². The number of halogens is 3. The number of anilines is 1. The molecule has 1 aliphatic heterocycles. The van der Waals surface area contributed by atoms with Crippen LogP contribution in [0.2, 0.25) is 0 Å². The number of carbonyl (C=O) groups excluding carboxylic acids is 2. The molecule has 1 aromatic heterocycles. The maximum atomic E-state index is 12.6. The van der Waals surface area contributed by atoms with Crippen LogP contribution in [-0.4, -0.2) is 34.9 Å². The van der Waals surface area contributed by atoms with Gasteiger partial charge in [-0.3, -0.25) is 10.1 Å². The minimum atomic E-state index is -4.58. The molecular weight excluding hydrogens is 301 g/mol. The standard InChI is InChI=1S/C13H15F3N4O2/c14-13(15,16)9-4-1-5-10(18-9)19-12(22)20-6-2-3-8(7-20)11(17)21/h1,4-5,8H,2-3,6-7H2,(H2,17,21)(H,18,19,22)/t8-/m0/s1. The first-order chi connectivity index (χ1) is 10.3. The highest BCUT2D eigenvalue weighted by atomic mass is 19.4. The van der Waals surface area contributed by atoms with Crippen LogP contribution in [0, 0.1) is 5.92 Å². The van der Waals surface area contributed by atoms with Crippen LogP contribution in [0.1, 0.15) is 18.5 Å². The third kappa shape index (κ3) is 3.86. The van der Waals surface area contributed by atoms with Gasteiger partial charge in [0.05, 0.1) is 5.92 Å². The van der Waals surface area contributed by atoms with Gasteiger partial charge in [0.15, 0.2) is 0 Å². The van der Waals surface area contributed by atoms with Crippen molar-refractivity contribution in [1.82, 2.24) is 9.88 Å². The molecule has 3 N–H and O–H groups in total. The average molecular weight is 316 g/mol. The fourth-order valence-corrected chi connectivity index (χ4v) is 2.24. The van der Waals surface area contributed by atoms with Gasteiger partial charge in [-0.25, -0.2) is 9.78 Å². The first-order valence-electron chi connectivity index (χ1n) is 6.67. The minimum Gasteiger partial charge on any atom is -0.369 e. The largest absolute Gasteiger partial charge is 0.433 e. The number of urea groups is 1. The van der Waals surface area contributed by atoms with E-state index >= 15 is 0 Å². The number of hydrogen-bond donors (Lipinski definition) is 2. The minimum absolute atomic E-state index is 0.153. The van der Waals surface area contributed by atoms with Gasteiger partial charge >= 0.3 is 12.2 Å². The summed E-state index contributed by atoms with van der Waals surface area (Å²) in [6, 6.07) is 2.65. The second-order valence-electron chi connectivity index (χ2n) is 5.02. The predicted molar refractivity (Wildman–Crippen MR) is 71.7 cm³/mol. The van der Waals surface area contributed by atoms with Gasteiger partial charge in [-0.05, 0) is 25.0 Å². The summed E-state index contributed by atoms with van der Waals surface area (Å²) in [6.07, 6.45) is -3.37. The highest BCUT2D eigenvalue weighted by Crippen LogP contribution is 2.28. The number of aromatic nitrogens is 1. The van der Waals surface area contributed by atoms with Crippen molar-refractivity contribution in [3.05, 3.63) is 23.9 Å². The Bertz CT molecular complexity index is 577. The quantitative estimate of drug-likeness (QED) is 0.872. The molecule has 0 spiro atoms. The van der Waals surface area contributed by atoms with Gasteiger partial charge in [-0.2, -0.15) is 13.2 Å². The van der Waals surface area contributed by atoms with Crippen molar-refractivity contribution in [2.75, 3.05) is 18.4 Å². The molecule has 9 heteroatoms. The predicted octanol–water partition coefficient (Wildman–Crippen LogP) is 1.83. The summed E-state index contributed by atoms with van der Waals surface area (Å²) in [4.78, 5) is 27.9. The Hall–Kier alpha value is -2.32. The SMILES string of the molecule is NC(=O)[C@H]1CCCN(C(=O)Nc2cccc(C(F)(F)F)n2)C1. The number of piperidine rings is 1. The Morgan fingerprint density at radius 2 is 2.09 bits per heavy atom. The third-order valence-electron chi connectivity index (χ3n) is 3.39. The molecule has 6 nitrogen and oxygen atoms in total. The highest BCUT2D eigenvalue weighted by Gasteiger charge is 2.33. The molecule has 22 heavy (non-hydrogen) atoms. The number of nitrogens with zero attached hydrogens (tertiary/aromatic N) is 2. The molecule has 2 rings (SSSR count). The number of alkyl halides is 3. The van der Waals surface area contributed by atoms with E-state index in [4.69, 9.17) is 5.73 Å². The van der Waals surface area contributed by atoms with Crippen LogP contribution in [0.25, 0.3) is 0 Å². The maximum Gasteiger partial charge on any atom is 0.433 e. The van der Waals surface area contributed by atoms with Gasteiger partial charge < -0.3 is 10.6 Å². The zero-order valence-corrected chi connectivity index (χ0v) is 11.6. The van der Waals surface area contributed by atoms with E-state index in [-0.39, 0.29) is 12.4 Å². The molecule has 1 saturated heterocycles. The van der Waals surface area contributed by atoms with Crippen molar-refractivity contribution in [3.63, 3.8) is 0 Å². The van der Waals surface area contributed by atoms with Crippen molar-refractivity contribution >= 4 is 17.8 Å². The van der Waals surface area contributed by atoms with Crippen molar-refractivity contribution < 1.29 is 22.8 Å². The topological polar surface area (TPSA) is 88.3 Å². The average Bonchev–Trinajstić information content (AvgIpc) is 2.46.